The van der Waals surface area contributed by atoms with Crippen molar-refractivity contribution < 1.29 is 0 Å². The van der Waals surface area contributed by atoms with Crippen LogP contribution < -0.4 is 9.80 Å². The number of rotatable bonds is 2. The largest absolute Gasteiger partial charge is 0.352 e. The third-order valence-corrected chi connectivity index (χ3v) is 6.76. The smallest absolute Gasteiger partial charge is 0.225 e. The molecule has 0 radical (unpaired) electrons. The van der Waals surface area contributed by atoms with Crippen molar-refractivity contribution in [3.8, 4) is 0 Å². The van der Waals surface area contributed by atoms with Gasteiger partial charge in [0.25, 0.3) is 0 Å². The molecule has 2 aliphatic rings. The van der Waals surface area contributed by atoms with Crippen molar-refractivity contribution in [3.05, 3.63) is 34.2 Å². The quantitative estimate of drug-likeness (QED) is 0.680. The van der Waals surface area contributed by atoms with Gasteiger partial charge in [-0.1, -0.05) is 0 Å². The van der Waals surface area contributed by atoms with Crippen molar-refractivity contribution in [2.75, 3.05) is 36.0 Å². The number of hydrogen-bond donors (Lipinski definition) is 0. The van der Waals surface area contributed by atoms with E-state index in [-0.39, 0.29) is 0 Å². The number of nitrogens with zero attached hydrogens (tertiary/aromatic N) is 6. The highest BCUT2D eigenvalue weighted by Crippen LogP contribution is 2.39. The maximum absolute atomic E-state index is 4.71. The molecule has 0 unspecified atom stereocenters. The molecule has 4 heterocycles. The summed E-state index contributed by atoms with van der Waals surface area (Å²) < 4.78 is 0. The Morgan fingerprint density at radius 1 is 0.889 bits per heavy atom. The molecule has 1 fully saturated rings. The van der Waals surface area contributed by atoms with Crippen molar-refractivity contribution in [1.29, 1.82) is 0 Å². The standard InChI is InChI=1S/C20H24N6S/c1-13-11-14(2)24-20(23-13)26-9-7-25(8-10-26)18-17-15-5-3-4-6-16(15)27-19(17)22-12-21-18/h11-12H,3-10H2,1-2H3. The van der Waals surface area contributed by atoms with Gasteiger partial charge in [0.2, 0.25) is 5.95 Å². The van der Waals surface area contributed by atoms with Crippen LogP contribution in [0.5, 0.6) is 0 Å². The summed E-state index contributed by atoms with van der Waals surface area (Å²) in [6, 6.07) is 2.02. The molecule has 140 valence electrons. The zero-order chi connectivity index (χ0) is 18.4. The maximum Gasteiger partial charge on any atom is 0.225 e. The minimum atomic E-state index is 0.855. The van der Waals surface area contributed by atoms with Crippen molar-refractivity contribution in [2.45, 2.75) is 39.5 Å². The van der Waals surface area contributed by atoms with Gasteiger partial charge in [-0.25, -0.2) is 19.9 Å². The second-order valence-electron chi connectivity index (χ2n) is 7.51. The van der Waals surface area contributed by atoms with Gasteiger partial charge in [0.1, 0.15) is 17.0 Å². The minimum absolute atomic E-state index is 0.855. The Kier molecular flexibility index (Phi) is 4.19. The molecule has 6 nitrogen and oxygen atoms in total. The lowest BCUT2D eigenvalue weighted by Gasteiger charge is -2.36. The second-order valence-corrected chi connectivity index (χ2v) is 8.60. The highest BCUT2D eigenvalue weighted by atomic mass is 32.1. The molecule has 0 saturated carbocycles. The Hall–Kier alpha value is -2.28. The molecular weight excluding hydrogens is 356 g/mol. The van der Waals surface area contributed by atoms with Crippen LogP contribution >= 0.6 is 11.3 Å². The van der Waals surface area contributed by atoms with E-state index < -0.39 is 0 Å². The molecule has 27 heavy (non-hydrogen) atoms. The van der Waals surface area contributed by atoms with Gasteiger partial charge in [-0.3, -0.25) is 0 Å². The molecule has 0 N–H and O–H groups in total. The fourth-order valence-corrected chi connectivity index (χ4v) is 5.50. The van der Waals surface area contributed by atoms with Crippen LogP contribution in [0.25, 0.3) is 10.2 Å². The summed E-state index contributed by atoms with van der Waals surface area (Å²) in [6.07, 6.45) is 6.70. The summed E-state index contributed by atoms with van der Waals surface area (Å²) in [6.45, 7) is 7.78. The molecule has 0 bridgehead atoms. The van der Waals surface area contributed by atoms with E-state index in [0.29, 0.717) is 0 Å². The first-order valence-electron chi connectivity index (χ1n) is 9.76. The first-order valence-corrected chi connectivity index (χ1v) is 10.6. The lowest BCUT2D eigenvalue weighted by molar-refractivity contribution is 0.633. The van der Waals surface area contributed by atoms with Crippen LogP contribution in [-0.4, -0.2) is 46.1 Å². The molecule has 3 aromatic heterocycles. The number of hydrogen-bond acceptors (Lipinski definition) is 7. The monoisotopic (exact) mass is 380 g/mol. The molecule has 5 rings (SSSR count). The number of piperazine rings is 1. The summed E-state index contributed by atoms with van der Waals surface area (Å²) in [4.78, 5) is 25.9. The predicted octanol–water partition coefficient (Wildman–Crippen LogP) is 3.30. The normalized spacial score (nSPS) is 17.4. The average Bonchev–Trinajstić information content (AvgIpc) is 3.06. The zero-order valence-corrected chi connectivity index (χ0v) is 16.7. The van der Waals surface area contributed by atoms with Crippen LogP contribution in [0.2, 0.25) is 0 Å². The fourth-order valence-electron chi connectivity index (χ4n) is 4.28. The summed E-state index contributed by atoms with van der Waals surface area (Å²) in [5, 5.41) is 1.31. The number of aromatic nitrogens is 4. The molecule has 1 aliphatic carbocycles. The third kappa shape index (κ3) is 3.04. The Bertz CT molecular complexity index is 969. The summed E-state index contributed by atoms with van der Waals surface area (Å²) >= 11 is 1.87. The second kappa shape index (κ2) is 6.71. The lowest BCUT2D eigenvalue weighted by atomic mass is 9.97. The number of aryl methyl sites for hydroxylation is 4. The zero-order valence-electron chi connectivity index (χ0n) is 15.9. The van der Waals surface area contributed by atoms with Gasteiger partial charge in [-0.05, 0) is 51.2 Å². The molecule has 3 aromatic rings. The molecule has 7 heteroatoms. The first kappa shape index (κ1) is 16.9. The van der Waals surface area contributed by atoms with Gasteiger partial charge >= 0.3 is 0 Å². The molecule has 0 atom stereocenters. The molecule has 1 saturated heterocycles. The van der Waals surface area contributed by atoms with Crippen molar-refractivity contribution in [3.63, 3.8) is 0 Å². The van der Waals surface area contributed by atoms with Crippen LogP contribution in [0.4, 0.5) is 11.8 Å². The van der Waals surface area contributed by atoms with E-state index in [1.165, 1.54) is 41.5 Å². The number of thiophene rings is 1. The molecule has 0 amide bonds. The average molecular weight is 381 g/mol. The molecular formula is C20H24N6S. The van der Waals surface area contributed by atoms with Gasteiger partial charge in [-0.2, -0.15) is 0 Å². The van der Waals surface area contributed by atoms with Gasteiger partial charge in [0.05, 0.1) is 5.39 Å². The molecule has 1 aliphatic heterocycles. The van der Waals surface area contributed by atoms with Gasteiger partial charge in [0.15, 0.2) is 0 Å². The van der Waals surface area contributed by atoms with Crippen LogP contribution in [0.1, 0.15) is 34.7 Å². The van der Waals surface area contributed by atoms with E-state index in [1.54, 1.807) is 6.33 Å². The maximum atomic E-state index is 4.71. The van der Waals surface area contributed by atoms with Crippen LogP contribution in [0.15, 0.2) is 12.4 Å². The summed E-state index contributed by atoms with van der Waals surface area (Å²) in [5.41, 5.74) is 3.57. The van der Waals surface area contributed by atoms with E-state index in [4.69, 9.17) is 4.98 Å². The van der Waals surface area contributed by atoms with Gasteiger partial charge < -0.3 is 9.80 Å². The predicted molar refractivity (Wildman–Crippen MR) is 110 cm³/mol. The fraction of sp³-hybridized carbons (Fsp3) is 0.500. The van der Waals surface area contributed by atoms with E-state index in [1.807, 2.05) is 31.3 Å². The summed E-state index contributed by atoms with van der Waals surface area (Å²) in [7, 11) is 0. The van der Waals surface area contributed by atoms with Gasteiger partial charge in [0, 0.05) is 42.4 Å². The minimum Gasteiger partial charge on any atom is -0.352 e. The van der Waals surface area contributed by atoms with E-state index in [0.717, 1.165) is 54.2 Å². The Morgan fingerprint density at radius 3 is 2.37 bits per heavy atom. The highest BCUT2D eigenvalue weighted by Gasteiger charge is 2.25. The number of anilines is 2. The van der Waals surface area contributed by atoms with Crippen LogP contribution in [0, 0.1) is 13.8 Å². The topological polar surface area (TPSA) is 58.0 Å². The first-order chi connectivity index (χ1) is 13.2. The Morgan fingerprint density at radius 2 is 1.59 bits per heavy atom. The third-order valence-electron chi connectivity index (χ3n) is 5.56. The van der Waals surface area contributed by atoms with Crippen molar-refractivity contribution >= 4 is 33.3 Å². The van der Waals surface area contributed by atoms with Crippen molar-refractivity contribution in [1.82, 2.24) is 19.9 Å². The van der Waals surface area contributed by atoms with Crippen molar-refractivity contribution in [2.24, 2.45) is 0 Å². The van der Waals surface area contributed by atoms with Gasteiger partial charge in [-0.15, -0.1) is 11.3 Å². The van der Waals surface area contributed by atoms with E-state index >= 15 is 0 Å². The van der Waals surface area contributed by atoms with E-state index in [2.05, 4.69) is 24.8 Å². The number of fused-ring (bicyclic) bond motifs is 3. The highest BCUT2D eigenvalue weighted by molar-refractivity contribution is 7.19. The van der Waals surface area contributed by atoms with E-state index in [9.17, 15) is 0 Å². The SMILES string of the molecule is Cc1cc(C)nc(N2CCN(c3ncnc4sc5c(c34)CCCC5)CC2)n1. The summed E-state index contributed by atoms with van der Waals surface area (Å²) in [5.74, 6) is 1.98. The Balaban J connectivity index is 1.42. The van der Waals surface area contributed by atoms with Crippen LogP contribution in [-0.2, 0) is 12.8 Å². The van der Waals surface area contributed by atoms with Crippen LogP contribution in [0.3, 0.4) is 0 Å². The molecule has 0 spiro atoms. The Labute approximate surface area is 163 Å². The lowest BCUT2D eigenvalue weighted by Crippen LogP contribution is -2.47. The molecule has 0 aromatic carbocycles.